The minimum Gasteiger partial charge on any atom is -0.284 e. The summed E-state index contributed by atoms with van der Waals surface area (Å²) < 4.78 is 24.4. The van der Waals surface area contributed by atoms with Crippen LogP contribution in [-0.2, 0) is 16.4 Å². The molecule has 14 heavy (non-hydrogen) atoms. The Hall–Kier alpha value is -1.03. The van der Waals surface area contributed by atoms with Crippen molar-refractivity contribution in [3.63, 3.8) is 0 Å². The molecule has 1 rings (SSSR count). The molecule has 1 aromatic rings. The summed E-state index contributed by atoms with van der Waals surface area (Å²) in [6.45, 7) is 4.05. The summed E-state index contributed by atoms with van der Waals surface area (Å²) in [6, 6.07) is 5.58. The summed E-state index contributed by atoms with van der Waals surface area (Å²) in [5.74, 6) is 0. The second kappa shape index (κ2) is 4.00. The van der Waals surface area contributed by atoms with Crippen LogP contribution in [0.15, 0.2) is 18.2 Å². The third kappa shape index (κ3) is 3.03. The van der Waals surface area contributed by atoms with E-state index < -0.39 is 10.0 Å². The normalized spacial score (nSPS) is 11.4. The van der Waals surface area contributed by atoms with Crippen molar-refractivity contribution >= 4 is 15.7 Å². The fraction of sp³-hybridized carbons (Fsp3) is 0.400. The van der Waals surface area contributed by atoms with E-state index in [0.717, 1.165) is 18.2 Å². The number of benzene rings is 1. The lowest BCUT2D eigenvalue weighted by atomic mass is 10.1. The van der Waals surface area contributed by atoms with E-state index in [1.165, 1.54) is 5.56 Å². The molecule has 0 bridgehead atoms. The Morgan fingerprint density at radius 2 is 2.00 bits per heavy atom. The summed E-state index contributed by atoms with van der Waals surface area (Å²) in [5, 5.41) is 0. The standard InChI is InChI=1S/C10H15NO2S/c1-4-9-5-6-10(7-8(9)2)11-14(3,12)13/h5-7,11H,4H2,1-3H3. The van der Waals surface area contributed by atoms with Gasteiger partial charge in [0.05, 0.1) is 6.26 Å². The summed E-state index contributed by atoms with van der Waals surface area (Å²) in [5.41, 5.74) is 2.98. The van der Waals surface area contributed by atoms with Crippen LogP contribution in [0.3, 0.4) is 0 Å². The number of rotatable bonds is 3. The highest BCUT2D eigenvalue weighted by molar-refractivity contribution is 7.92. The van der Waals surface area contributed by atoms with Crippen LogP contribution in [0.25, 0.3) is 0 Å². The number of anilines is 1. The van der Waals surface area contributed by atoms with Crippen LogP contribution >= 0.6 is 0 Å². The molecule has 0 spiro atoms. The zero-order valence-corrected chi connectivity index (χ0v) is 9.48. The van der Waals surface area contributed by atoms with Crippen molar-refractivity contribution in [2.75, 3.05) is 11.0 Å². The molecule has 0 amide bonds. The van der Waals surface area contributed by atoms with Crippen molar-refractivity contribution < 1.29 is 8.42 Å². The molecular weight excluding hydrogens is 198 g/mol. The number of nitrogens with one attached hydrogen (secondary N) is 1. The van der Waals surface area contributed by atoms with Crippen LogP contribution in [0.4, 0.5) is 5.69 Å². The van der Waals surface area contributed by atoms with E-state index in [-0.39, 0.29) is 0 Å². The molecule has 78 valence electrons. The third-order valence-corrected chi connectivity index (χ3v) is 2.63. The van der Waals surface area contributed by atoms with E-state index >= 15 is 0 Å². The van der Waals surface area contributed by atoms with Gasteiger partial charge < -0.3 is 0 Å². The van der Waals surface area contributed by atoms with Crippen molar-refractivity contribution in [2.45, 2.75) is 20.3 Å². The van der Waals surface area contributed by atoms with Gasteiger partial charge in [-0.3, -0.25) is 4.72 Å². The largest absolute Gasteiger partial charge is 0.284 e. The lowest BCUT2D eigenvalue weighted by Gasteiger charge is -2.07. The molecule has 0 atom stereocenters. The average Bonchev–Trinajstić information content (AvgIpc) is 2.01. The molecule has 0 aliphatic carbocycles. The molecule has 0 radical (unpaired) electrons. The first-order chi connectivity index (χ1) is 6.42. The molecule has 1 aromatic carbocycles. The Morgan fingerprint density at radius 3 is 2.43 bits per heavy atom. The number of aryl methyl sites for hydroxylation is 2. The first-order valence-corrected chi connectivity index (χ1v) is 6.39. The third-order valence-electron chi connectivity index (χ3n) is 2.03. The van der Waals surface area contributed by atoms with Gasteiger partial charge in [-0.2, -0.15) is 0 Å². The van der Waals surface area contributed by atoms with E-state index in [1.54, 1.807) is 6.07 Å². The fourth-order valence-electron chi connectivity index (χ4n) is 1.37. The average molecular weight is 213 g/mol. The highest BCUT2D eigenvalue weighted by Gasteiger charge is 2.03. The minimum absolute atomic E-state index is 0.627. The smallest absolute Gasteiger partial charge is 0.229 e. The lowest BCUT2D eigenvalue weighted by molar-refractivity contribution is 0.607. The molecule has 0 aliphatic heterocycles. The van der Waals surface area contributed by atoms with Gasteiger partial charge in [0.2, 0.25) is 10.0 Å². The quantitative estimate of drug-likeness (QED) is 0.834. The van der Waals surface area contributed by atoms with E-state index in [1.807, 2.05) is 19.1 Å². The van der Waals surface area contributed by atoms with Gasteiger partial charge in [-0.1, -0.05) is 13.0 Å². The highest BCUT2D eigenvalue weighted by atomic mass is 32.2. The number of hydrogen-bond donors (Lipinski definition) is 1. The summed E-state index contributed by atoms with van der Waals surface area (Å²) in [6.07, 6.45) is 2.11. The van der Waals surface area contributed by atoms with Crippen molar-refractivity contribution in [1.82, 2.24) is 0 Å². The van der Waals surface area contributed by atoms with Gasteiger partial charge in [0.15, 0.2) is 0 Å². The van der Waals surface area contributed by atoms with Crippen LogP contribution in [0, 0.1) is 6.92 Å². The van der Waals surface area contributed by atoms with Gasteiger partial charge in [-0.15, -0.1) is 0 Å². The molecule has 4 heteroatoms. The SMILES string of the molecule is CCc1ccc(NS(C)(=O)=O)cc1C. The summed E-state index contributed by atoms with van der Waals surface area (Å²) >= 11 is 0. The monoisotopic (exact) mass is 213 g/mol. The molecule has 0 heterocycles. The predicted octanol–water partition coefficient (Wildman–Crippen LogP) is 1.93. The maximum absolute atomic E-state index is 11.0. The molecule has 0 aliphatic rings. The second-order valence-electron chi connectivity index (χ2n) is 3.37. The first-order valence-electron chi connectivity index (χ1n) is 4.49. The summed E-state index contributed by atoms with van der Waals surface area (Å²) in [7, 11) is -3.16. The van der Waals surface area contributed by atoms with Crippen LogP contribution in [-0.4, -0.2) is 14.7 Å². The van der Waals surface area contributed by atoms with E-state index in [0.29, 0.717) is 5.69 Å². The van der Waals surface area contributed by atoms with Crippen LogP contribution in [0.5, 0.6) is 0 Å². The number of sulfonamides is 1. The van der Waals surface area contributed by atoms with E-state index in [4.69, 9.17) is 0 Å². The zero-order chi connectivity index (χ0) is 10.8. The fourth-order valence-corrected chi connectivity index (χ4v) is 1.93. The Morgan fingerprint density at radius 1 is 1.36 bits per heavy atom. The first kappa shape index (κ1) is 11.0. The topological polar surface area (TPSA) is 46.2 Å². The molecule has 0 saturated carbocycles. The molecule has 1 N–H and O–H groups in total. The Kier molecular flexibility index (Phi) is 3.16. The van der Waals surface area contributed by atoms with E-state index in [2.05, 4.69) is 11.6 Å². The van der Waals surface area contributed by atoms with Gasteiger partial charge >= 0.3 is 0 Å². The minimum atomic E-state index is -3.16. The molecule has 3 nitrogen and oxygen atoms in total. The van der Waals surface area contributed by atoms with E-state index in [9.17, 15) is 8.42 Å². The van der Waals surface area contributed by atoms with Gasteiger partial charge in [-0.05, 0) is 36.6 Å². The molecule has 0 fully saturated rings. The van der Waals surface area contributed by atoms with Crippen LogP contribution < -0.4 is 4.72 Å². The van der Waals surface area contributed by atoms with Crippen molar-refractivity contribution in [3.05, 3.63) is 29.3 Å². The van der Waals surface area contributed by atoms with Crippen LogP contribution in [0.2, 0.25) is 0 Å². The molecular formula is C10H15NO2S. The predicted molar refractivity (Wildman–Crippen MR) is 59.0 cm³/mol. The van der Waals surface area contributed by atoms with Crippen LogP contribution in [0.1, 0.15) is 18.1 Å². The van der Waals surface area contributed by atoms with Gasteiger partial charge in [0, 0.05) is 5.69 Å². The van der Waals surface area contributed by atoms with Crippen molar-refractivity contribution in [3.8, 4) is 0 Å². The summed E-state index contributed by atoms with van der Waals surface area (Å²) in [4.78, 5) is 0. The molecule has 0 aromatic heterocycles. The Balaban J connectivity index is 2.98. The van der Waals surface area contributed by atoms with Crippen molar-refractivity contribution in [2.24, 2.45) is 0 Å². The molecule has 0 saturated heterocycles. The lowest BCUT2D eigenvalue weighted by Crippen LogP contribution is -2.09. The van der Waals surface area contributed by atoms with Gasteiger partial charge in [0.1, 0.15) is 0 Å². The Labute approximate surface area is 85.2 Å². The second-order valence-corrected chi connectivity index (χ2v) is 5.12. The molecule has 0 unspecified atom stereocenters. The maximum atomic E-state index is 11.0. The maximum Gasteiger partial charge on any atom is 0.229 e. The van der Waals surface area contributed by atoms with Gasteiger partial charge in [0.25, 0.3) is 0 Å². The highest BCUT2D eigenvalue weighted by Crippen LogP contribution is 2.16. The Bertz CT molecular complexity index is 424. The zero-order valence-electron chi connectivity index (χ0n) is 8.66. The number of hydrogen-bond acceptors (Lipinski definition) is 2. The van der Waals surface area contributed by atoms with Crippen molar-refractivity contribution in [1.29, 1.82) is 0 Å². The van der Waals surface area contributed by atoms with Gasteiger partial charge in [-0.25, -0.2) is 8.42 Å².